The van der Waals surface area contributed by atoms with Crippen LogP contribution in [0.1, 0.15) is 12.2 Å². The van der Waals surface area contributed by atoms with Gasteiger partial charge in [0.25, 0.3) is 0 Å². The van der Waals surface area contributed by atoms with Crippen molar-refractivity contribution in [3.8, 4) is 0 Å². The number of hydrogen-bond donors (Lipinski definition) is 1. The number of aromatic nitrogens is 2. The molecule has 118 valence electrons. The lowest BCUT2D eigenvalue weighted by molar-refractivity contribution is 0.293. The summed E-state index contributed by atoms with van der Waals surface area (Å²) >= 11 is 3.34. The minimum absolute atomic E-state index is 0.406. The molecule has 0 radical (unpaired) electrons. The molecule has 0 bridgehead atoms. The number of likely N-dealkylation sites (tertiary alicyclic amines) is 1. The first-order valence-electron chi connectivity index (χ1n) is 7.32. The fourth-order valence-electron chi connectivity index (χ4n) is 2.63. The average Bonchev–Trinajstić information content (AvgIpc) is 3.09. The van der Waals surface area contributed by atoms with Gasteiger partial charge in [0.2, 0.25) is 0 Å². The summed E-state index contributed by atoms with van der Waals surface area (Å²) in [5.41, 5.74) is 0. The zero-order valence-corrected chi connectivity index (χ0v) is 14.4. The summed E-state index contributed by atoms with van der Waals surface area (Å²) in [5.74, 6) is 2.78. The molecular formula is C15H20BrN5O. The molecule has 1 N–H and O–H groups in total. The van der Waals surface area contributed by atoms with Crippen LogP contribution in [0.15, 0.2) is 33.6 Å². The Labute approximate surface area is 138 Å². The van der Waals surface area contributed by atoms with Crippen LogP contribution < -0.4 is 10.2 Å². The molecule has 0 amide bonds. The lowest BCUT2D eigenvalue weighted by Crippen LogP contribution is -2.26. The van der Waals surface area contributed by atoms with Gasteiger partial charge in [0.1, 0.15) is 23.7 Å². The predicted octanol–water partition coefficient (Wildman–Crippen LogP) is 2.58. The highest BCUT2D eigenvalue weighted by Crippen LogP contribution is 2.20. The van der Waals surface area contributed by atoms with Gasteiger partial charge in [0, 0.05) is 39.3 Å². The maximum absolute atomic E-state index is 5.57. The highest BCUT2D eigenvalue weighted by molar-refractivity contribution is 9.10. The summed E-state index contributed by atoms with van der Waals surface area (Å²) in [6, 6.07) is 6.33. The number of furan rings is 1. The summed E-state index contributed by atoms with van der Waals surface area (Å²) in [6.07, 6.45) is 2.70. The Bertz CT molecular complexity index is 630. The lowest BCUT2D eigenvalue weighted by atomic mass is 10.2. The van der Waals surface area contributed by atoms with E-state index in [0.29, 0.717) is 6.04 Å². The van der Waals surface area contributed by atoms with Crippen LogP contribution in [-0.2, 0) is 6.54 Å². The van der Waals surface area contributed by atoms with Gasteiger partial charge in [-0.15, -0.1) is 0 Å². The Morgan fingerprint density at radius 2 is 2.27 bits per heavy atom. The molecule has 0 spiro atoms. The van der Waals surface area contributed by atoms with Gasteiger partial charge in [-0.05, 0) is 34.5 Å². The number of anilines is 2. The highest BCUT2D eigenvalue weighted by atomic mass is 79.9. The van der Waals surface area contributed by atoms with Crippen LogP contribution >= 0.6 is 15.9 Å². The summed E-state index contributed by atoms with van der Waals surface area (Å²) < 4.78 is 6.36. The molecule has 22 heavy (non-hydrogen) atoms. The van der Waals surface area contributed by atoms with E-state index in [9.17, 15) is 0 Å². The SMILES string of the molecule is CN(C)c1cc(NC2CCN(Cc3ccc(Br)o3)C2)ncn1. The van der Waals surface area contributed by atoms with Crippen LogP contribution in [0, 0.1) is 0 Å². The van der Waals surface area contributed by atoms with Gasteiger partial charge in [-0.25, -0.2) is 9.97 Å². The molecule has 2 aromatic rings. The minimum Gasteiger partial charge on any atom is -0.453 e. The van der Waals surface area contributed by atoms with E-state index < -0.39 is 0 Å². The first-order valence-corrected chi connectivity index (χ1v) is 8.12. The van der Waals surface area contributed by atoms with Crippen molar-refractivity contribution in [3.05, 3.63) is 35.0 Å². The molecule has 3 heterocycles. The molecule has 3 rings (SSSR count). The largest absolute Gasteiger partial charge is 0.453 e. The third-order valence-corrected chi connectivity index (χ3v) is 4.17. The van der Waals surface area contributed by atoms with Crippen LogP contribution in [0.2, 0.25) is 0 Å². The number of nitrogens with zero attached hydrogens (tertiary/aromatic N) is 4. The molecule has 0 aromatic carbocycles. The van der Waals surface area contributed by atoms with Gasteiger partial charge in [0.15, 0.2) is 4.67 Å². The summed E-state index contributed by atoms with van der Waals surface area (Å²) in [6.45, 7) is 2.89. The number of nitrogens with one attached hydrogen (secondary N) is 1. The molecule has 1 aliphatic rings. The number of halogens is 1. The molecule has 0 aliphatic carbocycles. The highest BCUT2D eigenvalue weighted by Gasteiger charge is 2.23. The van der Waals surface area contributed by atoms with Crippen molar-refractivity contribution in [3.63, 3.8) is 0 Å². The Morgan fingerprint density at radius 3 is 3.00 bits per heavy atom. The Hall–Kier alpha value is -1.60. The zero-order valence-electron chi connectivity index (χ0n) is 12.8. The van der Waals surface area contributed by atoms with Crippen molar-refractivity contribution >= 4 is 27.6 Å². The summed E-state index contributed by atoms with van der Waals surface area (Å²) in [4.78, 5) is 12.9. The van der Waals surface area contributed by atoms with Crippen LogP contribution in [0.25, 0.3) is 0 Å². The molecule has 1 saturated heterocycles. The Morgan fingerprint density at radius 1 is 1.41 bits per heavy atom. The van der Waals surface area contributed by atoms with Crippen LogP contribution in [0.4, 0.5) is 11.6 Å². The van der Waals surface area contributed by atoms with Gasteiger partial charge in [-0.1, -0.05) is 0 Å². The molecule has 1 atom stereocenters. The maximum Gasteiger partial charge on any atom is 0.169 e. The second kappa shape index (κ2) is 6.66. The van der Waals surface area contributed by atoms with Crippen LogP contribution in [0.3, 0.4) is 0 Å². The van der Waals surface area contributed by atoms with E-state index in [1.54, 1.807) is 6.33 Å². The van der Waals surface area contributed by atoms with Crippen LogP contribution in [0.5, 0.6) is 0 Å². The standard InChI is InChI=1S/C15H20BrN5O/c1-20(2)15-7-14(17-10-18-15)19-11-5-6-21(8-11)9-12-3-4-13(16)22-12/h3-4,7,10-11H,5-6,8-9H2,1-2H3,(H,17,18,19). The van der Waals surface area contributed by atoms with Crippen molar-refractivity contribution in [2.45, 2.75) is 19.0 Å². The van der Waals surface area contributed by atoms with Gasteiger partial charge in [-0.2, -0.15) is 0 Å². The predicted molar refractivity (Wildman–Crippen MR) is 90.1 cm³/mol. The average molecular weight is 366 g/mol. The molecule has 1 unspecified atom stereocenters. The van der Waals surface area contributed by atoms with Crippen molar-refractivity contribution < 1.29 is 4.42 Å². The van der Waals surface area contributed by atoms with Crippen molar-refractivity contribution in [1.82, 2.24) is 14.9 Å². The maximum atomic E-state index is 5.57. The molecular weight excluding hydrogens is 346 g/mol. The molecule has 0 saturated carbocycles. The minimum atomic E-state index is 0.406. The zero-order chi connectivity index (χ0) is 15.5. The van der Waals surface area contributed by atoms with E-state index in [1.165, 1.54) is 0 Å². The first-order chi connectivity index (χ1) is 10.6. The molecule has 2 aromatic heterocycles. The summed E-state index contributed by atoms with van der Waals surface area (Å²) in [7, 11) is 3.95. The van der Waals surface area contributed by atoms with Crippen molar-refractivity contribution in [2.75, 3.05) is 37.4 Å². The van der Waals surface area contributed by atoms with Crippen molar-refractivity contribution in [2.24, 2.45) is 0 Å². The normalized spacial score (nSPS) is 18.6. The van der Waals surface area contributed by atoms with E-state index in [1.807, 2.05) is 37.2 Å². The third-order valence-electron chi connectivity index (χ3n) is 3.74. The lowest BCUT2D eigenvalue weighted by Gasteiger charge is -2.17. The van der Waals surface area contributed by atoms with E-state index in [2.05, 4.69) is 36.1 Å². The van der Waals surface area contributed by atoms with E-state index in [-0.39, 0.29) is 0 Å². The van der Waals surface area contributed by atoms with E-state index >= 15 is 0 Å². The number of hydrogen-bond acceptors (Lipinski definition) is 6. The molecule has 7 heteroatoms. The second-order valence-electron chi connectivity index (χ2n) is 5.73. The fraction of sp³-hybridized carbons (Fsp3) is 0.467. The quantitative estimate of drug-likeness (QED) is 0.878. The van der Waals surface area contributed by atoms with Gasteiger partial charge >= 0.3 is 0 Å². The second-order valence-corrected chi connectivity index (χ2v) is 6.51. The van der Waals surface area contributed by atoms with Crippen LogP contribution in [-0.4, -0.2) is 48.1 Å². The van der Waals surface area contributed by atoms with Gasteiger partial charge in [-0.3, -0.25) is 4.90 Å². The molecule has 1 aliphatic heterocycles. The fourth-order valence-corrected chi connectivity index (χ4v) is 2.97. The monoisotopic (exact) mass is 365 g/mol. The molecule has 6 nitrogen and oxygen atoms in total. The van der Waals surface area contributed by atoms with Gasteiger partial charge in [0.05, 0.1) is 6.54 Å². The Balaban J connectivity index is 1.55. The Kier molecular flexibility index (Phi) is 4.63. The number of rotatable bonds is 5. The molecule has 1 fully saturated rings. The van der Waals surface area contributed by atoms with Crippen molar-refractivity contribution in [1.29, 1.82) is 0 Å². The first kappa shape index (κ1) is 15.3. The third kappa shape index (κ3) is 3.78. The van der Waals surface area contributed by atoms with E-state index in [4.69, 9.17) is 4.42 Å². The smallest absolute Gasteiger partial charge is 0.169 e. The summed E-state index contributed by atoms with van der Waals surface area (Å²) in [5, 5.41) is 3.50. The van der Waals surface area contributed by atoms with E-state index in [0.717, 1.165) is 48.1 Å². The topological polar surface area (TPSA) is 57.4 Å². The van der Waals surface area contributed by atoms with Gasteiger partial charge < -0.3 is 14.6 Å².